The first-order valence-electron chi connectivity index (χ1n) is 5.29. The van der Waals surface area contributed by atoms with E-state index in [0.29, 0.717) is 17.7 Å². The van der Waals surface area contributed by atoms with Crippen molar-refractivity contribution in [2.45, 2.75) is 25.8 Å². The first kappa shape index (κ1) is 9.53. The van der Waals surface area contributed by atoms with Crippen LogP contribution >= 0.6 is 0 Å². The van der Waals surface area contributed by atoms with E-state index in [1.807, 2.05) is 12.1 Å². The number of hydrogen-bond acceptors (Lipinski definition) is 2. The molecule has 2 N–H and O–H groups in total. The molecule has 2 rings (SSSR count). The number of phenols is 1. The Kier molecular flexibility index (Phi) is 2.73. The Morgan fingerprint density at radius 1 is 1.29 bits per heavy atom. The lowest BCUT2D eigenvalue weighted by Gasteiger charge is -2.30. The van der Waals surface area contributed by atoms with Crippen molar-refractivity contribution in [3.05, 3.63) is 29.8 Å². The molecule has 76 valence electrons. The Morgan fingerprint density at radius 3 is 2.64 bits per heavy atom. The van der Waals surface area contributed by atoms with E-state index in [4.69, 9.17) is 0 Å². The van der Waals surface area contributed by atoms with Crippen LogP contribution in [0.2, 0.25) is 0 Å². The molecular formula is C12H17NO. The molecule has 1 aromatic carbocycles. The van der Waals surface area contributed by atoms with Gasteiger partial charge in [-0.3, -0.25) is 0 Å². The van der Waals surface area contributed by atoms with Crippen molar-refractivity contribution < 1.29 is 5.11 Å². The highest BCUT2D eigenvalue weighted by Crippen LogP contribution is 2.29. The molecule has 0 aliphatic carbocycles. The average molecular weight is 191 g/mol. The molecule has 1 aliphatic heterocycles. The monoisotopic (exact) mass is 191 g/mol. The molecule has 0 saturated carbocycles. The van der Waals surface area contributed by atoms with Gasteiger partial charge in [0.05, 0.1) is 0 Å². The van der Waals surface area contributed by atoms with Gasteiger partial charge in [-0.25, -0.2) is 0 Å². The molecule has 0 bridgehead atoms. The number of rotatable bonds is 1. The van der Waals surface area contributed by atoms with E-state index in [2.05, 4.69) is 12.2 Å². The minimum Gasteiger partial charge on any atom is -0.508 e. The zero-order valence-corrected chi connectivity index (χ0v) is 8.53. The number of hydrogen-bond donors (Lipinski definition) is 2. The Morgan fingerprint density at radius 2 is 2.00 bits per heavy atom. The van der Waals surface area contributed by atoms with Gasteiger partial charge in [0, 0.05) is 6.04 Å². The Hall–Kier alpha value is -1.02. The molecule has 1 fully saturated rings. The van der Waals surface area contributed by atoms with Crippen molar-refractivity contribution in [3.8, 4) is 5.75 Å². The first-order valence-corrected chi connectivity index (χ1v) is 5.29. The maximum Gasteiger partial charge on any atom is 0.115 e. The van der Waals surface area contributed by atoms with Crippen molar-refractivity contribution in [2.24, 2.45) is 5.92 Å². The maximum absolute atomic E-state index is 9.20. The van der Waals surface area contributed by atoms with E-state index in [1.165, 1.54) is 18.4 Å². The molecule has 1 saturated heterocycles. The standard InChI is InChI=1S/C12H17NO/c1-9-3-2-8-13-12(9)10-4-6-11(14)7-5-10/h4-7,9,12-14H,2-3,8H2,1H3. The van der Waals surface area contributed by atoms with Gasteiger partial charge in [-0.1, -0.05) is 19.1 Å². The lowest BCUT2D eigenvalue weighted by atomic mass is 9.88. The maximum atomic E-state index is 9.20. The van der Waals surface area contributed by atoms with Crippen molar-refractivity contribution in [2.75, 3.05) is 6.54 Å². The molecule has 1 aliphatic rings. The normalized spacial score (nSPS) is 27.5. The van der Waals surface area contributed by atoms with Crippen molar-refractivity contribution in [1.82, 2.24) is 5.32 Å². The van der Waals surface area contributed by atoms with Crippen molar-refractivity contribution >= 4 is 0 Å². The van der Waals surface area contributed by atoms with Crippen LogP contribution in [0.3, 0.4) is 0 Å². The van der Waals surface area contributed by atoms with Crippen LogP contribution in [0.5, 0.6) is 5.75 Å². The number of benzene rings is 1. The third-order valence-corrected chi connectivity index (χ3v) is 3.02. The molecule has 2 heteroatoms. The first-order chi connectivity index (χ1) is 6.77. The van der Waals surface area contributed by atoms with Crippen LogP contribution in [0.15, 0.2) is 24.3 Å². The second-order valence-electron chi connectivity index (χ2n) is 4.14. The number of nitrogens with one attached hydrogen (secondary N) is 1. The molecule has 2 nitrogen and oxygen atoms in total. The molecule has 1 aromatic rings. The van der Waals surface area contributed by atoms with E-state index in [9.17, 15) is 5.11 Å². The van der Waals surface area contributed by atoms with Gasteiger partial charge in [0.15, 0.2) is 0 Å². The van der Waals surface area contributed by atoms with Crippen LogP contribution in [0.4, 0.5) is 0 Å². The van der Waals surface area contributed by atoms with Crippen molar-refractivity contribution in [1.29, 1.82) is 0 Å². The summed E-state index contributed by atoms with van der Waals surface area (Å²) in [6.07, 6.45) is 2.56. The highest BCUT2D eigenvalue weighted by atomic mass is 16.3. The number of piperidine rings is 1. The van der Waals surface area contributed by atoms with E-state index < -0.39 is 0 Å². The van der Waals surface area contributed by atoms with Gasteiger partial charge in [0.1, 0.15) is 5.75 Å². The SMILES string of the molecule is CC1CCCNC1c1ccc(O)cc1. The highest BCUT2D eigenvalue weighted by Gasteiger charge is 2.21. The van der Waals surface area contributed by atoms with Crippen molar-refractivity contribution in [3.63, 3.8) is 0 Å². The summed E-state index contributed by atoms with van der Waals surface area (Å²) in [6.45, 7) is 3.39. The predicted octanol–water partition coefficient (Wildman–Crippen LogP) is 2.45. The van der Waals surface area contributed by atoms with Crippen LogP contribution in [-0.4, -0.2) is 11.7 Å². The van der Waals surface area contributed by atoms with Crippen LogP contribution < -0.4 is 5.32 Å². The third kappa shape index (κ3) is 1.90. The average Bonchev–Trinajstić information content (AvgIpc) is 2.20. The smallest absolute Gasteiger partial charge is 0.115 e. The number of aromatic hydroxyl groups is 1. The molecule has 2 atom stereocenters. The second kappa shape index (κ2) is 4.01. The Balaban J connectivity index is 2.16. The minimum atomic E-state index is 0.345. The van der Waals surface area contributed by atoms with E-state index in [1.54, 1.807) is 12.1 Å². The van der Waals surface area contributed by atoms with E-state index >= 15 is 0 Å². The fraction of sp³-hybridized carbons (Fsp3) is 0.500. The molecule has 0 amide bonds. The molecule has 1 heterocycles. The largest absolute Gasteiger partial charge is 0.508 e. The Bertz CT molecular complexity index is 294. The molecule has 0 aromatic heterocycles. The summed E-state index contributed by atoms with van der Waals surface area (Å²) < 4.78 is 0. The highest BCUT2D eigenvalue weighted by molar-refractivity contribution is 5.28. The van der Waals surface area contributed by atoms with Crippen LogP contribution in [0.25, 0.3) is 0 Å². The zero-order valence-electron chi connectivity index (χ0n) is 8.53. The molecule has 0 spiro atoms. The van der Waals surface area contributed by atoms with Gasteiger partial charge in [0.2, 0.25) is 0 Å². The second-order valence-corrected chi connectivity index (χ2v) is 4.14. The summed E-state index contributed by atoms with van der Waals surface area (Å²) in [5.41, 5.74) is 1.29. The summed E-state index contributed by atoms with van der Waals surface area (Å²) in [5.74, 6) is 1.03. The van der Waals surface area contributed by atoms with Gasteiger partial charge in [-0.15, -0.1) is 0 Å². The van der Waals surface area contributed by atoms with E-state index in [0.717, 1.165) is 6.54 Å². The Labute approximate surface area is 85.0 Å². The quantitative estimate of drug-likeness (QED) is 0.714. The van der Waals surface area contributed by atoms with Gasteiger partial charge < -0.3 is 10.4 Å². The van der Waals surface area contributed by atoms with Gasteiger partial charge in [0.25, 0.3) is 0 Å². The summed E-state index contributed by atoms with van der Waals surface area (Å²) in [6, 6.07) is 8.00. The molecule has 0 radical (unpaired) electrons. The zero-order chi connectivity index (χ0) is 9.97. The number of phenolic OH excluding ortho intramolecular Hbond substituents is 1. The summed E-state index contributed by atoms with van der Waals surface area (Å²) in [4.78, 5) is 0. The fourth-order valence-corrected chi connectivity index (χ4v) is 2.18. The van der Waals surface area contributed by atoms with E-state index in [-0.39, 0.29) is 0 Å². The molecule has 14 heavy (non-hydrogen) atoms. The minimum absolute atomic E-state index is 0.345. The predicted molar refractivity (Wildman–Crippen MR) is 57.2 cm³/mol. The molecule has 2 unspecified atom stereocenters. The van der Waals surface area contributed by atoms with Gasteiger partial charge in [-0.2, -0.15) is 0 Å². The van der Waals surface area contributed by atoms with Crippen LogP contribution in [0.1, 0.15) is 31.4 Å². The summed E-state index contributed by atoms with van der Waals surface area (Å²) in [5, 5.41) is 12.7. The lowest BCUT2D eigenvalue weighted by Crippen LogP contribution is -2.32. The molecular weight excluding hydrogens is 174 g/mol. The van der Waals surface area contributed by atoms with Gasteiger partial charge >= 0.3 is 0 Å². The summed E-state index contributed by atoms with van der Waals surface area (Å²) >= 11 is 0. The third-order valence-electron chi connectivity index (χ3n) is 3.02. The van der Waals surface area contributed by atoms with Crippen LogP contribution in [-0.2, 0) is 0 Å². The van der Waals surface area contributed by atoms with Gasteiger partial charge in [-0.05, 0) is 43.0 Å². The lowest BCUT2D eigenvalue weighted by molar-refractivity contribution is 0.305. The topological polar surface area (TPSA) is 32.3 Å². The summed E-state index contributed by atoms with van der Waals surface area (Å²) in [7, 11) is 0. The fourth-order valence-electron chi connectivity index (χ4n) is 2.18. The van der Waals surface area contributed by atoms with Crippen LogP contribution in [0, 0.1) is 5.92 Å².